The maximum absolute atomic E-state index is 12.0. The molecule has 0 aromatic rings. The van der Waals surface area contributed by atoms with Crippen LogP contribution in [0.1, 0.15) is 19.8 Å². The number of halogens is 3. The van der Waals surface area contributed by atoms with Crippen LogP contribution in [0.25, 0.3) is 0 Å². The number of nitrogens with zero attached hydrogens (tertiary/aromatic N) is 1. The molecule has 1 rings (SSSR count). The van der Waals surface area contributed by atoms with E-state index >= 15 is 0 Å². The van der Waals surface area contributed by atoms with E-state index in [0.29, 0.717) is 6.54 Å². The van der Waals surface area contributed by atoms with Gasteiger partial charge in [-0.05, 0) is 39.1 Å². The molecule has 0 radical (unpaired) electrons. The smallest absolute Gasteiger partial charge is 0.307 e. The maximum Gasteiger partial charge on any atom is 0.401 e. The molecule has 1 aliphatic heterocycles. The van der Waals surface area contributed by atoms with E-state index in [1.165, 1.54) is 0 Å². The number of likely N-dealkylation sites (tertiary alicyclic amines) is 1. The number of piperidine rings is 1. The molecule has 1 atom stereocenters. The number of hydrogen-bond acceptors (Lipinski definition) is 3. The van der Waals surface area contributed by atoms with Gasteiger partial charge in [-0.2, -0.15) is 24.9 Å². The minimum atomic E-state index is -4.11. The molecule has 1 fully saturated rings. The molecule has 6 heteroatoms. The first-order valence-electron chi connectivity index (χ1n) is 5.96. The predicted octanol–water partition coefficient (Wildman–Crippen LogP) is 2.35. The Hall–Kier alpha value is 0.0600. The van der Waals surface area contributed by atoms with Gasteiger partial charge in [0.25, 0.3) is 0 Å². The molecule has 0 saturated carbocycles. The van der Waals surface area contributed by atoms with Gasteiger partial charge in [-0.1, -0.05) is 0 Å². The topological polar surface area (TPSA) is 15.3 Å². The van der Waals surface area contributed by atoms with Crippen molar-refractivity contribution in [2.24, 2.45) is 0 Å². The summed E-state index contributed by atoms with van der Waals surface area (Å²) in [5.74, 6) is 0. The SMILES string of the molecule is CSC1CCN(C(C)CNCC(F)(F)F)CC1. The summed E-state index contributed by atoms with van der Waals surface area (Å²) in [6.07, 6.45) is 0.301. The van der Waals surface area contributed by atoms with Crippen molar-refractivity contribution >= 4 is 11.8 Å². The molecule has 1 heterocycles. The average Bonchev–Trinajstić information content (AvgIpc) is 2.27. The molecule has 0 aromatic carbocycles. The second-order valence-electron chi connectivity index (χ2n) is 4.57. The molecule has 17 heavy (non-hydrogen) atoms. The van der Waals surface area contributed by atoms with Crippen LogP contribution >= 0.6 is 11.8 Å². The first kappa shape index (κ1) is 15.1. The fourth-order valence-electron chi connectivity index (χ4n) is 2.10. The van der Waals surface area contributed by atoms with Crippen LogP contribution in [0.4, 0.5) is 13.2 Å². The molecule has 1 unspecified atom stereocenters. The zero-order valence-electron chi connectivity index (χ0n) is 10.4. The van der Waals surface area contributed by atoms with Gasteiger partial charge in [0.05, 0.1) is 6.54 Å². The molecule has 0 amide bonds. The Morgan fingerprint density at radius 1 is 1.35 bits per heavy atom. The largest absolute Gasteiger partial charge is 0.401 e. The quantitative estimate of drug-likeness (QED) is 0.825. The summed E-state index contributed by atoms with van der Waals surface area (Å²) < 4.78 is 35.9. The third-order valence-electron chi connectivity index (χ3n) is 3.20. The van der Waals surface area contributed by atoms with E-state index < -0.39 is 12.7 Å². The fraction of sp³-hybridized carbons (Fsp3) is 1.00. The number of hydrogen-bond donors (Lipinski definition) is 1. The van der Waals surface area contributed by atoms with Crippen molar-refractivity contribution in [1.29, 1.82) is 0 Å². The van der Waals surface area contributed by atoms with Crippen molar-refractivity contribution < 1.29 is 13.2 Å². The van der Waals surface area contributed by atoms with Crippen molar-refractivity contribution in [2.45, 2.75) is 37.2 Å². The Labute approximate surface area is 105 Å². The van der Waals surface area contributed by atoms with Gasteiger partial charge < -0.3 is 5.32 Å². The van der Waals surface area contributed by atoms with E-state index in [4.69, 9.17) is 0 Å². The highest BCUT2D eigenvalue weighted by atomic mass is 32.2. The van der Waals surface area contributed by atoms with Crippen LogP contribution in [0.3, 0.4) is 0 Å². The van der Waals surface area contributed by atoms with Gasteiger partial charge in [-0.3, -0.25) is 4.90 Å². The maximum atomic E-state index is 12.0. The summed E-state index contributed by atoms with van der Waals surface area (Å²) in [7, 11) is 0. The highest BCUT2D eigenvalue weighted by Crippen LogP contribution is 2.22. The molecule has 0 aromatic heterocycles. The Balaban J connectivity index is 2.18. The molecule has 2 nitrogen and oxygen atoms in total. The Bertz CT molecular complexity index is 215. The minimum absolute atomic E-state index is 0.181. The van der Waals surface area contributed by atoms with E-state index in [2.05, 4.69) is 16.5 Å². The highest BCUT2D eigenvalue weighted by molar-refractivity contribution is 7.99. The molecule has 1 aliphatic rings. The first-order valence-corrected chi connectivity index (χ1v) is 7.25. The highest BCUT2D eigenvalue weighted by Gasteiger charge is 2.27. The monoisotopic (exact) mass is 270 g/mol. The molecule has 0 spiro atoms. The van der Waals surface area contributed by atoms with E-state index in [1.807, 2.05) is 18.7 Å². The second-order valence-corrected chi connectivity index (χ2v) is 5.70. The van der Waals surface area contributed by atoms with Crippen LogP contribution in [0.2, 0.25) is 0 Å². The Kier molecular flexibility index (Phi) is 6.09. The van der Waals surface area contributed by atoms with Crippen LogP contribution in [-0.4, -0.2) is 54.8 Å². The molecule has 0 aliphatic carbocycles. The first-order chi connectivity index (χ1) is 7.92. The fourth-order valence-corrected chi connectivity index (χ4v) is 2.79. The minimum Gasteiger partial charge on any atom is -0.307 e. The van der Waals surface area contributed by atoms with E-state index in [-0.39, 0.29) is 6.04 Å². The summed E-state index contributed by atoms with van der Waals surface area (Å²) >= 11 is 1.89. The molecular weight excluding hydrogens is 249 g/mol. The van der Waals surface area contributed by atoms with Crippen LogP contribution < -0.4 is 5.32 Å². The van der Waals surface area contributed by atoms with E-state index in [9.17, 15) is 13.2 Å². The average molecular weight is 270 g/mol. The van der Waals surface area contributed by atoms with Crippen molar-refractivity contribution in [1.82, 2.24) is 10.2 Å². The number of alkyl halides is 3. The van der Waals surface area contributed by atoms with Gasteiger partial charge in [0.1, 0.15) is 0 Å². The molecular formula is C11H21F3N2S. The number of rotatable bonds is 5. The van der Waals surface area contributed by atoms with Gasteiger partial charge in [0.2, 0.25) is 0 Å². The van der Waals surface area contributed by atoms with Gasteiger partial charge in [-0.25, -0.2) is 0 Å². The van der Waals surface area contributed by atoms with Crippen LogP contribution in [0.5, 0.6) is 0 Å². The molecule has 1 saturated heterocycles. The van der Waals surface area contributed by atoms with Gasteiger partial charge in [0, 0.05) is 17.8 Å². The predicted molar refractivity (Wildman–Crippen MR) is 66.5 cm³/mol. The van der Waals surface area contributed by atoms with Crippen LogP contribution in [-0.2, 0) is 0 Å². The lowest BCUT2D eigenvalue weighted by molar-refractivity contribution is -0.125. The second kappa shape index (κ2) is 6.85. The van der Waals surface area contributed by atoms with Gasteiger partial charge in [0.15, 0.2) is 0 Å². The summed E-state index contributed by atoms with van der Waals surface area (Å²) in [5, 5.41) is 3.20. The number of nitrogens with one attached hydrogen (secondary N) is 1. The Morgan fingerprint density at radius 3 is 2.41 bits per heavy atom. The van der Waals surface area contributed by atoms with Gasteiger partial charge in [-0.15, -0.1) is 0 Å². The third kappa shape index (κ3) is 5.97. The summed E-state index contributed by atoms with van der Waals surface area (Å²) in [4.78, 5) is 2.27. The van der Waals surface area contributed by atoms with Gasteiger partial charge >= 0.3 is 6.18 Å². The molecule has 0 bridgehead atoms. The zero-order chi connectivity index (χ0) is 12.9. The lowest BCUT2D eigenvalue weighted by atomic mass is 10.1. The van der Waals surface area contributed by atoms with Crippen molar-refractivity contribution in [3.8, 4) is 0 Å². The Morgan fingerprint density at radius 2 is 1.94 bits per heavy atom. The lowest BCUT2D eigenvalue weighted by Crippen LogP contribution is -2.46. The normalized spacial score (nSPS) is 21.7. The number of thioether (sulfide) groups is 1. The van der Waals surface area contributed by atoms with E-state index in [0.717, 1.165) is 31.2 Å². The lowest BCUT2D eigenvalue weighted by Gasteiger charge is -2.35. The molecule has 1 N–H and O–H groups in total. The van der Waals surface area contributed by atoms with Crippen molar-refractivity contribution in [2.75, 3.05) is 32.4 Å². The van der Waals surface area contributed by atoms with E-state index in [1.54, 1.807) is 0 Å². The van der Waals surface area contributed by atoms with Crippen LogP contribution in [0.15, 0.2) is 0 Å². The van der Waals surface area contributed by atoms with Crippen molar-refractivity contribution in [3.63, 3.8) is 0 Å². The van der Waals surface area contributed by atoms with Crippen molar-refractivity contribution in [3.05, 3.63) is 0 Å². The third-order valence-corrected chi connectivity index (χ3v) is 4.34. The summed E-state index contributed by atoms with van der Waals surface area (Å²) in [6, 6.07) is 0.181. The molecule has 102 valence electrons. The summed E-state index contributed by atoms with van der Waals surface area (Å²) in [5.41, 5.74) is 0. The standard InChI is InChI=1S/C11H21F3N2S/c1-9(7-15-8-11(12,13)14)16-5-3-10(17-2)4-6-16/h9-10,15H,3-8H2,1-2H3. The zero-order valence-corrected chi connectivity index (χ0v) is 11.2. The summed E-state index contributed by atoms with van der Waals surface area (Å²) in [6.45, 7) is 3.51. The van der Waals surface area contributed by atoms with Crippen LogP contribution in [0, 0.1) is 0 Å².